The van der Waals surface area contributed by atoms with E-state index in [0.717, 1.165) is 37.7 Å². The van der Waals surface area contributed by atoms with Crippen LogP contribution in [0.5, 0.6) is 0 Å². The van der Waals surface area contributed by atoms with Gasteiger partial charge >= 0.3 is 6.09 Å². The zero-order chi connectivity index (χ0) is 28.7. The van der Waals surface area contributed by atoms with E-state index in [1.54, 1.807) is 31.7 Å². The van der Waals surface area contributed by atoms with E-state index in [4.69, 9.17) is 4.74 Å². The van der Waals surface area contributed by atoms with E-state index in [1.807, 2.05) is 0 Å². The summed E-state index contributed by atoms with van der Waals surface area (Å²) in [5, 5.41) is 9.77. The third-order valence-corrected chi connectivity index (χ3v) is 8.44. The topological polar surface area (TPSA) is 105 Å². The second-order valence-corrected chi connectivity index (χ2v) is 13.5. The third kappa shape index (κ3) is 6.30. The fraction of sp³-hybridized carbons (Fsp3) is 0.483. The molecule has 1 heterocycles. The first-order chi connectivity index (χ1) is 18.2. The summed E-state index contributed by atoms with van der Waals surface area (Å²) >= 11 is 0. The lowest BCUT2D eigenvalue weighted by Gasteiger charge is -2.35. The molecular formula is C29H32F2N2O5S. The third-order valence-electron chi connectivity index (χ3n) is 7.33. The van der Waals surface area contributed by atoms with Crippen LogP contribution in [0.2, 0.25) is 0 Å². The highest BCUT2D eigenvalue weighted by molar-refractivity contribution is 7.90. The molecule has 1 aliphatic carbocycles. The van der Waals surface area contributed by atoms with Crippen LogP contribution >= 0.6 is 0 Å². The number of benzene rings is 2. The van der Waals surface area contributed by atoms with E-state index in [2.05, 4.69) is 6.07 Å². The van der Waals surface area contributed by atoms with Gasteiger partial charge in [-0.25, -0.2) is 22.0 Å². The van der Waals surface area contributed by atoms with Crippen LogP contribution in [-0.2, 0) is 25.8 Å². The number of sulfone groups is 1. The Morgan fingerprint density at radius 3 is 2.38 bits per heavy atom. The number of hydrogen-bond donors (Lipinski definition) is 0. The first-order valence-electron chi connectivity index (χ1n) is 12.9. The van der Waals surface area contributed by atoms with Crippen molar-refractivity contribution in [2.75, 3.05) is 6.26 Å². The number of amides is 1. The largest absolute Gasteiger partial charge is 0.444 e. The summed E-state index contributed by atoms with van der Waals surface area (Å²) in [6.07, 6.45) is 2.60. The first-order valence-corrected chi connectivity index (χ1v) is 14.8. The molecule has 208 valence electrons. The molecule has 0 aromatic heterocycles. The van der Waals surface area contributed by atoms with Gasteiger partial charge in [0.1, 0.15) is 22.1 Å². The molecule has 2 aromatic rings. The molecule has 1 amide bonds. The number of Topliss-reactive ketones (excluding diaryl/α,β-unsaturated/α-hetero) is 1. The monoisotopic (exact) mass is 558 g/mol. The van der Waals surface area contributed by atoms with E-state index in [1.165, 1.54) is 18.2 Å². The average molecular weight is 559 g/mol. The van der Waals surface area contributed by atoms with Gasteiger partial charge in [0.2, 0.25) is 0 Å². The summed E-state index contributed by atoms with van der Waals surface area (Å²) in [5.41, 5.74) is 0.195. The molecule has 0 radical (unpaired) electrons. The number of rotatable bonds is 7. The molecule has 0 spiro atoms. The fourth-order valence-corrected chi connectivity index (χ4v) is 6.40. The van der Waals surface area contributed by atoms with Gasteiger partial charge in [0, 0.05) is 18.7 Å². The summed E-state index contributed by atoms with van der Waals surface area (Å²) in [6.45, 7) is 5.30. The first kappa shape index (κ1) is 28.7. The highest BCUT2D eigenvalue weighted by Gasteiger charge is 2.52. The van der Waals surface area contributed by atoms with Gasteiger partial charge in [-0.1, -0.05) is 18.2 Å². The van der Waals surface area contributed by atoms with Gasteiger partial charge in [-0.3, -0.25) is 9.69 Å². The van der Waals surface area contributed by atoms with E-state index in [9.17, 15) is 27.7 Å². The van der Waals surface area contributed by atoms with Gasteiger partial charge in [0.25, 0.3) is 0 Å². The molecule has 1 aliphatic heterocycles. The van der Waals surface area contributed by atoms with E-state index < -0.39 is 50.0 Å². The number of fused-ring (bicyclic) bond motifs is 2. The van der Waals surface area contributed by atoms with Crippen molar-refractivity contribution in [3.63, 3.8) is 0 Å². The number of halogens is 2. The predicted octanol–water partition coefficient (Wildman–Crippen LogP) is 5.46. The van der Waals surface area contributed by atoms with Crippen LogP contribution in [-0.4, -0.2) is 49.1 Å². The Bertz CT molecular complexity index is 1440. The number of piperidine rings is 1. The Morgan fingerprint density at radius 1 is 1.10 bits per heavy atom. The lowest BCUT2D eigenvalue weighted by atomic mass is 9.87. The normalized spacial score (nSPS) is 21.5. The number of ether oxygens (including phenoxy) is 1. The Balaban J connectivity index is 1.49. The Labute approximate surface area is 227 Å². The molecule has 2 aliphatic rings. The minimum atomic E-state index is -3.81. The highest BCUT2D eigenvalue weighted by Crippen LogP contribution is 2.44. The lowest BCUT2D eigenvalue weighted by molar-refractivity contribution is -0.126. The second-order valence-electron chi connectivity index (χ2n) is 11.5. The number of ketones is 1. The minimum Gasteiger partial charge on any atom is -0.444 e. The molecule has 10 heteroatoms. The van der Waals surface area contributed by atoms with Crippen molar-refractivity contribution in [3.05, 3.63) is 53.6 Å². The number of carbonyl (C=O) groups excluding carboxylic acids is 2. The zero-order valence-corrected chi connectivity index (χ0v) is 23.2. The molecule has 2 bridgehead atoms. The SMILES string of the molecule is CC(C)(C)OC(=O)N1[C@@H]2CC[C@@H](C2)[C@H]1C(=O)C[C@H](C#N)Cc1ccc(-c2ccc(F)c(S(C)(=O)=O)c2)cc1F. The van der Waals surface area contributed by atoms with Gasteiger partial charge in [0.05, 0.1) is 18.0 Å². The maximum atomic E-state index is 15.1. The number of carbonyl (C=O) groups is 2. The summed E-state index contributed by atoms with van der Waals surface area (Å²) in [6, 6.07) is 9.18. The van der Waals surface area contributed by atoms with Crippen LogP contribution in [0.25, 0.3) is 11.1 Å². The molecule has 7 nitrogen and oxygen atoms in total. The number of nitrogens with zero attached hydrogens (tertiary/aromatic N) is 2. The quantitative estimate of drug-likeness (QED) is 0.447. The molecule has 1 saturated carbocycles. The number of likely N-dealkylation sites (tertiary alicyclic amines) is 1. The molecule has 1 saturated heterocycles. The van der Waals surface area contributed by atoms with Crippen molar-refractivity contribution in [1.29, 1.82) is 5.26 Å². The predicted molar refractivity (Wildman–Crippen MR) is 140 cm³/mol. The van der Waals surface area contributed by atoms with Crippen molar-refractivity contribution in [1.82, 2.24) is 4.90 Å². The van der Waals surface area contributed by atoms with Crippen LogP contribution in [0.1, 0.15) is 52.0 Å². The average Bonchev–Trinajstić information content (AvgIpc) is 3.45. The molecule has 4 rings (SSSR count). The van der Waals surface area contributed by atoms with Crippen molar-refractivity contribution >= 4 is 21.7 Å². The summed E-state index contributed by atoms with van der Waals surface area (Å²) < 4.78 is 58.3. The molecule has 2 fully saturated rings. The highest BCUT2D eigenvalue weighted by atomic mass is 32.2. The molecular weight excluding hydrogens is 526 g/mol. The second kappa shape index (κ2) is 10.7. The van der Waals surface area contributed by atoms with Crippen LogP contribution < -0.4 is 0 Å². The van der Waals surface area contributed by atoms with Gasteiger partial charge < -0.3 is 4.74 Å². The van der Waals surface area contributed by atoms with Crippen molar-refractivity contribution in [3.8, 4) is 17.2 Å². The number of nitriles is 1. The molecule has 39 heavy (non-hydrogen) atoms. The van der Waals surface area contributed by atoms with Gasteiger partial charge in [0.15, 0.2) is 15.6 Å². The summed E-state index contributed by atoms with van der Waals surface area (Å²) in [7, 11) is -3.81. The van der Waals surface area contributed by atoms with Crippen molar-refractivity contribution in [2.45, 2.75) is 75.5 Å². The summed E-state index contributed by atoms with van der Waals surface area (Å²) in [5.74, 6) is -2.52. The van der Waals surface area contributed by atoms with Crippen molar-refractivity contribution in [2.24, 2.45) is 11.8 Å². The Morgan fingerprint density at radius 2 is 1.77 bits per heavy atom. The van der Waals surface area contributed by atoms with E-state index >= 15 is 4.39 Å². The molecule has 0 N–H and O–H groups in total. The minimum absolute atomic E-state index is 0.0143. The Hall–Kier alpha value is -3.32. The number of hydrogen-bond acceptors (Lipinski definition) is 6. The van der Waals surface area contributed by atoms with E-state index in [0.29, 0.717) is 11.1 Å². The maximum absolute atomic E-state index is 15.1. The smallest absolute Gasteiger partial charge is 0.411 e. The standard InChI is InChI=1S/C29H32F2N2O5S/c1-29(2,3)38-28(35)33-22-9-7-21(13-22)27(33)25(34)12-17(16-32)11-20-6-5-18(14-24(20)31)19-8-10-23(30)26(15-19)39(4,36)37/h5-6,8,10,14-15,17,21-22,27H,7,9,11-13H2,1-4H3/t17-,21+,22-,27+/m1/s1. The van der Waals surface area contributed by atoms with Crippen LogP contribution in [0, 0.1) is 34.8 Å². The summed E-state index contributed by atoms with van der Waals surface area (Å²) in [4.78, 5) is 27.3. The fourth-order valence-electron chi connectivity index (χ4n) is 5.63. The van der Waals surface area contributed by atoms with Crippen LogP contribution in [0.3, 0.4) is 0 Å². The molecule has 4 atom stereocenters. The Kier molecular flexibility index (Phi) is 7.86. The lowest BCUT2D eigenvalue weighted by Crippen LogP contribution is -2.51. The van der Waals surface area contributed by atoms with Gasteiger partial charge in [-0.2, -0.15) is 5.26 Å². The molecule has 2 aromatic carbocycles. The molecule has 0 unspecified atom stereocenters. The van der Waals surface area contributed by atoms with Crippen LogP contribution in [0.15, 0.2) is 41.3 Å². The van der Waals surface area contributed by atoms with Gasteiger partial charge in [-0.15, -0.1) is 0 Å². The van der Waals surface area contributed by atoms with E-state index in [-0.39, 0.29) is 36.1 Å². The van der Waals surface area contributed by atoms with Gasteiger partial charge in [-0.05, 0) is 87.3 Å². The maximum Gasteiger partial charge on any atom is 0.411 e. The zero-order valence-electron chi connectivity index (χ0n) is 22.4. The van der Waals surface area contributed by atoms with Crippen LogP contribution in [0.4, 0.5) is 13.6 Å². The van der Waals surface area contributed by atoms with Crippen molar-refractivity contribution < 1.29 is 31.5 Å².